The maximum absolute atomic E-state index is 11.3. The molecule has 3 nitrogen and oxygen atoms in total. The minimum Gasteiger partial charge on any atom is -0.250 e. The molecule has 0 N–H and O–H groups in total. The number of pyridine rings is 1. The number of hydrogen-bond donors (Lipinski definition) is 0. The lowest BCUT2D eigenvalue weighted by atomic mass is 10.4. The van der Waals surface area contributed by atoms with E-state index in [4.69, 9.17) is 23.2 Å². The van der Waals surface area contributed by atoms with Gasteiger partial charge in [-0.3, -0.25) is 0 Å². The molecule has 1 rings (SSSR count). The molecule has 1 aromatic heterocycles. The Balaban J connectivity index is 3.21. The predicted octanol–water partition coefficient (Wildman–Crippen LogP) is 2.75. The van der Waals surface area contributed by atoms with Crippen molar-refractivity contribution < 1.29 is 4.21 Å². The summed E-state index contributed by atoms with van der Waals surface area (Å²) in [4.78, 5) is 3.78. The van der Waals surface area contributed by atoms with Crippen LogP contribution in [0.4, 0.5) is 5.69 Å². The lowest BCUT2D eigenvalue weighted by Gasteiger charge is -1.98. The maximum atomic E-state index is 11.3. The highest BCUT2D eigenvalue weighted by Gasteiger charge is 2.00. The first-order valence-corrected chi connectivity index (χ1v) is 6.45. The standard InChI is InChI=1S/C7H8Cl2N2OS/c1-13(2,12)11-5-3-6(8)7(9)10-4-5/h3-4H,1-2H3. The normalized spacial score (nSPS) is 11.4. The number of halogens is 2. The monoisotopic (exact) mass is 238 g/mol. The molecule has 13 heavy (non-hydrogen) atoms. The quantitative estimate of drug-likeness (QED) is 0.707. The van der Waals surface area contributed by atoms with Gasteiger partial charge in [-0.1, -0.05) is 23.2 Å². The number of hydrogen-bond acceptors (Lipinski definition) is 3. The lowest BCUT2D eigenvalue weighted by molar-refractivity contribution is 0.684. The Morgan fingerprint density at radius 3 is 2.54 bits per heavy atom. The van der Waals surface area contributed by atoms with Gasteiger partial charge in [0.25, 0.3) is 0 Å². The molecule has 0 amide bonds. The summed E-state index contributed by atoms with van der Waals surface area (Å²) in [6, 6.07) is 1.53. The molecule has 6 heteroatoms. The van der Waals surface area contributed by atoms with Gasteiger partial charge >= 0.3 is 0 Å². The van der Waals surface area contributed by atoms with Crippen molar-refractivity contribution in [3.63, 3.8) is 0 Å². The zero-order chi connectivity index (χ0) is 10.1. The Bertz CT molecular complexity index is 430. The van der Waals surface area contributed by atoms with Gasteiger partial charge in [0.15, 0.2) is 0 Å². The van der Waals surface area contributed by atoms with Crippen molar-refractivity contribution >= 4 is 38.6 Å². The number of aromatic nitrogens is 1. The van der Waals surface area contributed by atoms with E-state index in [-0.39, 0.29) is 5.15 Å². The molecule has 0 radical (unpaired) electrons. The average molecular weight is 239 g/mol. The van der Waals surface area contributed by atoms with E-state index < -0.39 is 9.73 Å². The fourth-order valence-corrected chi connectivity index (χ4v) is 1.59. The summed E-state index contributed by atoms with van der Waals surface area (Å²) in [5.41, 5.74) is 0.476. The molecular weight excluding hydrogens is 231 g/mol. The van der Waals surface area contributed by atoms with Crippen LogP contribution in [0, 0.1) is 0 Å². The van der Waals surface area contributed by atoms with Gasteiger partial charge in [0, 0.05) is 22.2 Å². The van der Waals surface area contributed by atoms with E-state index in [1.807, 2.05) is 0 Å². The summed E-state index contributed by atoms with van der Waals surface area (Å²) >= 11 is 11.3. The summed E-state index contributed by atoms with van der Waals surface area (Å²) in [5, 5.41) is 0.533. The predicted molar refractivity (Wildman–Crippen MR) is 56.3 cm³/mol. The smallest absolute Gasteiger partial charge is 0.147 e. The molecule has 0 saturated carbocycles. The zero-order valence-corrected chi connectivity index (χ0v) is 9.45. The van der Waals surface area contributed by atoms with Gasteiger partial charge in [0.2, 0.25) is 0 Å². The molecule has 0 aliphatic rings. The zero-order valence-electron chi connectivity index (χ0n) is 7.12. The van der Waals surface area contributed by atoms with Crippen LogP contribution in [0.25, 0.3) is 0 Å². The Kier molecular flexibility index (Phi) is 3.16. The first-order valence-electron chi connectivity index (χ1n) is 3.37. The first kappa shape index (κ1) is 10.8. The fraction of sp³-hybridized carbons (Fsp3) is 0.286. The van der Waals surface area contributed by atoms with Crippen LogP contribution in [-0.4, -0.2) is 21.7 Å². The largest absolute Gasteiger partial charge is 0.250 e. The van der Waals surface area contributed by atoms with Gasteiger partial charge in [0.1, 0.15) is 5.15 Å². The summed E-state index contributed by atoms with van der Waals surface area (Å²) in [7, 11) is -2.17. The second-order valence-electron chi connectivity index (χ2n) is 2.74. The van der Waals surface area contributed by atoms with Crippen LogP contribution in [0.3, 0.4) is 0 Å². The molecule has 0 bridgehead atoms. The topological polar surface area (TPSA) is 42.3 Å². The average Bonchev–Trinajstić information content (AvgIpc) is 1.94. The maximum Gasteiger partial charge on any atom is 0.147 e. The van der Waals surface area contributed by atoms with E-state index in [1.54, 1.807) is 0 Å². The molecule has 0 atom stereocenters. The Labute approximate surface area is 87.3 Å². The van der Waals surface area contributed by atoms with Crippen molar-refractivity contribution in [2.24, 2.45) is 4.36 Å². The molecular formula is C7H8Cl2N2OS. The number of rotatable bonds is 1. The second-order valence-corrected chi connectivity index (χ2v) is 6.05. The molecule has 0 spiro atoms. The van der Waals surface area contributed by atoms with E-state index in [1.165, 1.54) is 24.8 Å². The van der Waals surface area contributed by atoms with Gasteiger partial charge in [-0.25, -0.2) is 9.19 Å². The van der Waals surface area contributed by atoms with Crippen LogP contribution in [0.5, 0.6) is 0 Å². The third kappa shape index (κ3) is 3.50. The molecule has 0 unspecified atom stereocenters. The van der Waals surface area contributed by atoms with Gasteiger partial charge in [-0.2, -0.15) is 4.36 Å². The van der Waals surface area contributed by atoms with Gasteiger partial charge in [0.05, 0.1) is 16.9 Å². The Hall–Kier alpha value is -0.320. The minimum absolute atomic E-state index is 0.222. The van der Waals surface area contributed by atoms with Crippen molar-refractivity contribution in [1.29, 1.82) is 0 Å². The third-order valence-corrected chi connectivity index (χ3v) is 2.44. The van der Waals surface area contributed by atoms with Crippen LogP contribution in [0.2, 0.25) is 10.2 Å². The van der Waals surface area contributed by atoms with Gasteiger partial charge in [-0.05, 0) is 6.07 Å². The van der Waals surface area contributed by atoms with Crippen molar-refractivity contribution in [2.75, 3.05) is 12.5 Å². The highest BCUT2D eigenvalue weighted by Crippen LogP contribution is 2.24. The number of nitrogens with zero attached hydrogens (tertiary/aromatic N) is 2. The van der Waals surface area contributed by atoms with Crippen LogP contribution < -0.4 is 0 Å². The van der Waals surface area contributed by atoms with Gasteiger partial charge < -0.3 is 0 Å². The van der Waals surface area contributed by atoms with E-state index in [0.29, 0.717) is 10.7 Å². The summed E-state index contributed by atoms with van der Waals surface area (Å²) in [6.07, 6.45) is 4.51. The van der Waals surface area contributed by atoms with Gasteiger partial charge in [-0.15, -0.1) is 0 Å². The molecule has 0 fully saturated rings. The van der Waals surface area contributed by atoms with Crippen molar-refractivity contribution in [2.45, 2.75) is 0 Å². The van der Waals surface area contributed by atoms with Crippen LogP contribution in [0.1, 0.15) is 0 Å². The summed E-state index contributed by atoms with van der Waals surface area (Å²) < 4.78 is 15.2. The van der Waals surface area contributed by atoms with E-state index in [9.17, 15) is 4.21 Å². The third-order valence-electron chi connectivity index (χ3n) is 1.11. The molecule has 0 saturated heterocycles. The Morgan fingerprint density at radius 2 is 2.08 bits per heavy atom. The molecule has 72 valence electrons. The van der Waals surface area contributed by atoms with Crippen molar-refractivity contribution in [3.05, 3.63) is 22.4 Å². The minimum atomic E-state index is -2.17. The molecule has 1 heterocycles. The van der Waals surface area contributed by atoms with Crippen molar-refractivity contribution in [1.82, 2.24) is 4.98 Å². The lowest BCUT2D eigenvalue weighted by Crippen LogP contribution is -1.89. The first-order chi connectivity index (χ1) is 5.88. The fourth-order valence-electron chi connectivity index (χ4n) is 0.715. The SMILES string of the molecule is CS(C)(=O)=Nc1cnc(Cl)c(Cl)c1. The Morgan fingerprint density at radius 1 is 1.46 bits per heavy atom. The summed E-state index contributed by atoms with van der Waals surface area (Å²) in [6.45, 7) is 0. The van der Waals surface area contributed by atoms with Crippen LogP contribution in [0.15, 0.2) is 16.6 Å². The molecule has 1 aromatic rings. The molecule has 0 aliphatic carbocycles. The summed E-state index contributed by atoms with van der Waals surface area (Å²) in [5.74, 6) is 0. The highest BCUT2D eigenvalue weighted by atomic mass is 35.5. The molecule has 0 aromatic carbocycles. The van der Waals surface area contributed by atoms with E-state index >= 15 is 0 Å². The molecule has 0 aliphatic heterocycles. The van der Waals surface area contributed by atoms with Crippen molar-refractivity contribution in [3.8, 4) is 0 Å². The highest BCUT2D eigenvalue weighted by molar-refractivity contribution is 7.92. The van der Waals surface area contributed by atoms with E-state index in [0.717, 1.165) is 0 Å². The second kappa shape index (κ2) is 3.82. The van der Waals surface area contributed by atoms with Crippen LogP contribution >= 0.6 is 23.2 Å². The van der Waals surface area contributed by atoms with Crippen LogP contribution in [-0.2, 0) is 9.73 Å². The van der Waals surface area contributed by atoms with E-state index in [2.05, 4.69) is 9.35 Å².